The summed E-state index contributed by atoms with van der Waals surface area (Å²) in [6.07, 6.45) is 0.968. The predicted molar refractivity (Wildman–Crippen MR) is 166 cm³/mol. The largest absolute Gasteiger partial charge is 0.616 e. The van der Waals surface area contributed by atoms with Crippen molar-refractivity contribution in [3.8, 4) is 11.5 Å². The Morgan fingerprint density at radius 2 is 1.62 bits per heavy atom. The molecule has 0 saturated carbocycles. The number of amides is 1. The summed E-state index contributed by atoms with van der Waals surface area (Å²) < 4.78 is 23.3. The highest BCUT2D eigenvalue weighted by atomic mass is 32.2. The van der Waals surface area contributed by atoms with Crippen LogP contribution < -0.4 is 14.8 Å². The molecular formula is C34H41N3O4S. The fourth-order valence-corrected chi connectivity index (χ4v) is 8.43. The van der Waals surface area contributed by atoms with Gasteiger partial charge in [0.2, 0.25) is 5.91 Å². The highest BCUT2D eigenvalue weighted by Crippen LogP contribution is 2.45. The van der Waals surface area contributed by atoms with Crippen LogP contribution in [0.2, 0.25) is 0 Å². The number of carbonyl (C=O) groups is 1. The summed E-state index contributed by atoms with van der Waals surface area (Å²) in [5.41, 5.74) is 3.60. The predicted octanol–water partition coefficient (Wildman–Crippen LogP) is 3.91. The van der Waals surface area contributed by atoms with Crippen LogP contribution in [-0.2, 0) is 22.5 Å². The molecular weight excluding hydrogens is 546 g/mol. The Hall–Kier alpha value is -3.04. The number of benzene rings is 3. The zero-order valence-corrected chi connectivity index (χ0v) is 25.3. The average molecular weight is 588 g/mol. The Balaban J connectivity index is 1.36. The second-order valence-electron chi connectivity index (χ2n) is 11.6. The second-order valence-corrected chi connectivity index (χ2v) is 13.3. The Kier molecular flexibility index (Phi) is 9.05. The highest BCUT2D eigenvalue weighted by molar-refractivity contribution is 7.91. The van der Waals surface area contributed by atoms with Gasteiger partial charge in [-0.25, -0.2) is 0 Å². The number of nitrogens with one attached hydrogen (secondary N) is 1. The number of carbonyl (C=O) groups excluding carboxylic acids is 1. The van der Waals surface area contributed by atoms with Gasteiger partial charge in [-0.1, -0.05) is 71.8 Å². The van der Waals surface area contributed by atoms with Gasteiger partial charge in [-0.2, -0.15) is 0 Å². The summed E-state index contributed by atoms with van der Waals surface area (Å²) in [5.74, 6) is 3.24. The van der Waals surface area contributed by atoms with Gasteiger partial charge in [0.15, 0.2) is 0 Å². The van der Waals surface area contributed by atoms with Crippen molar-refractivity contribution in [3.63, 3.8) is 0 Å². The molecule has 7 rings (SSSR count). The summed E-state index contributed by atoms with van der Waals surface area (Å²) in [7, 11) is 3.38. The first-order chi connectivity index (χ1) is 20.6. The van der Waals surface area contributed by atoms with Gasteiger partial charge >= 0.3 is 0 Å². The van der Waals surface area contributed by atoms with Crippen molar-refractivity contribution in [2.75, 3.05) is 51.9 Å². The van der Waals surface area contributed by atoms with E-state index in [1.54, 1.807) is 14.2 Å². The number of hydrogen-bond donors (Lipinski definition) is 1. The van der Waals surface area contributed by atoms with Crippen molar-refractivity contribution >= 4 is 17.1 Å². The van der Waals surface area contributed by atoms with E-state index >= 15 is 0 Å². The van der Waals surface area contributed by atoms with E-state index < -0.39 is 11.2 Å². The molecule has 4 aliphatic heterocycles. The summed E-state index contributed by atoms with van der Waals surface area (Å²) in [4.78, 5) is 18.5. The molecule has 4 saturated heterocycles. The molecule has 4 fully saturated rings. The third-order valence-corrected chi connectivity index (χ3v) is 10.7. The average Bonchev–Trinajstić information content (AvgIpc) is 3.05. The molecule has 4 aliphatic rings. The Labute approximate surface area is 252 Å². The van der Waals surface area contributed by atoms with E-state index in [1.807, 2.05) is 23.1 Å². The van der Waals surface area contributed by atoms with Crippen LogP contribution >= 0.6 is 0 Å². The smallest absolute Gasteiger partial charge is 0.227 e. The van der Waals surface area contributed by atoms with Crippen molar-refractivity contribution in [1.82, 2.24) is 15.1 Å². The molecule has 3 aromatic carbocycles. The van der Waals surface area contributed by atoms with E-state index in [9.17, 15) is 9.35 Å². The lowest BCUT2D eigenvalue weighted by molar-refractivity contribution is -0.146. The van der Waals surface area contributed by atoms with E-state index in [2.05, 4.69) is 70.9 Å². The molecule has 2 bridgehead atoms. The van der Waals surface area contributed by atoms with Crippen molar-refractivity contribution < 1.29 is 18.8 Å². The molecule has 5 atom stereocenters. The van der Waals surface area contributed by atoms with Crippen LogP contribution in [0.5, 0.6) is 11.5 Å². The van der Waals surface area contributed by atoms with E-state index in [1.165, 1.54) is 11.1 Å². The minimum absolute atomic E-state index is 0.0710. The van der Waals surface area contributed by atoms with Crippen LogP contribution in [0.4, 0.5) is 0 Å². The first-order valence-corrected chi connectivity index (χ1v) is 16.5. The third-order valence-electron chi connectivity index (χ3n) is 9.43. The van der Waals surface area contributed by atoms with Crippen LogP contribution in [0, 0.1) is 11.8 Å². The fraction of sp³-hybridized carbons (Fsp3) is 0.441. The molecule has 8 heteroatoms. The van der Waals surface area contributed by atoms with E-state index in [0.29, 0.717) is 31.1 Å². The normalized spacial score (nSPS) is 25.9. The van der Waals surface area contributed by atoms with Gasteiger partial charge < -0.3 is 24.2 Å². The van der Waals surface area contributed by atoms with Crippen molar-refractivity contribution in [3.05, 3.63) is 95.6 Å². The molecule has 7 nitrogen and oxygen atoms in total. The number of fused-ring (bicyclic) bond motifs is 3. The minimum Gasteiger partial charge on any atom is -0.616 e. The number of piperidine rings is 3. The number of methoxy groups -OCH3 is 2. The van der Waals surface area contributed by atoms with Crippen LogP contribution in [0.1, 0.15) is 29.0 Å². The molecule has 0 aliphatic carbocycles. The summed E-state index contributed by atoms with van der Waals surface area (Å²) in [6, 6.07) is 27.7. The maximum atomic E-state index is 14.0. The SMILES string of the molecule is COc1ccc(OC)c(CN[C@H]2[C@H]3CCN(C[C@@H]3C(=O)N3CC[S+]([O-])CC3)[C@H]2C(c2ccccc2)c2ccccc2)c1. The molecule has 1 N–H and O–H groups in total. The van der Waals surface area contributed by atoms with Gasteiger partial charge in [0, 0.05) is 36.7 Å². The van der Waals surface area contributed by atoms with Gasteiger partial charge in [-0.05, 0) is 48.2 Å². The van der Waals surface area contributed by atoms with E-state index in [-0.39, 0.29) is 35.7 Å². The molecule has 0 spiro atoms. The lowest BCUT2D eigenvalue weighted by atomic mass is 9.66. The molecule has 1 unspecified atom stereocenters. The lowest BCUT2D eigenvalue weighted by Gasteiger charge is -2.57. The zero-order valence-electron chi connectivity index (χ0n) is 24.5. The molecule has 1 amide bonds. The fourth-order valence-electron chi connectivity index (χ4n) is 7.38. The molecule has 222 valence electrons. The molecule has 42 heavy (non-hydrogen) atoms. The minimum atomic E-state index is -0.815. The van der Waals surface area contributed by atoms with Gasteiger partial charge in [0.05, 0.1) is 33.2 Å². The topological polar surface area (TPSA) is 77.1 Å². The van der Waals surface area contributed by atoms with Crippen molar-refractivity contribution in [2.24, 2.45) is 11.8 Å². The summed E-state index contributed by atoms with van der Waals surface area (Å²) in [5, 5.41) is 3.96. The van der Waals surface area contributed by atoms with Crippen molar-refractivity contribution in [2.45, 2.75) is 31.0 Å². The van der Waals surface area contributed by atoms with Gasteiger partial charge in [0.1, 0.15) is 23.0 Å². The van der Waals surface area contributed by atoms with E-state index in [4.69, 9.17) is 9.47 Å². The maximum Gasteiger partial charge on any atom is 0.227 e. The van der Waals surface area contributed by atoms with Gasteiger partial charge in [-0.15, -0.1) is 0 Å². The number of nitrogens with zero attached hydrogens (tertiary/aromatic N) is 2. The maximum absolute atomic E-state index is 14.0. The van der Waals surface area contributed by atoms with Crippen LogP contribution in [0.3, 0.4) is 0 Å². The Morgan fingerprint density at radius 3 is 2.24 bits per heavy atom. The molecule has 4 heterocycles. The van der Waals surface area contributed by atoms with Crippen LogP contribution in [0.15, 0.2) is 78.9 Å². The first-order valence-electron chi connectivity index (χ1n) is 15.0. The highest BCUT2D eigenvalue weighted by Gasteiger charge is 2.53. The summed E-state index contributed by atoms with van der Waals surface area (Å²) >= 11 is -0.815. The Bertz CT molecular complexity index is 1300. The zero-order chi connectivity index (χ0) is 29.1. The van der Waals surface area contributed by atoms with E-state index in [0.717, 1.165) is 36.6 Å². The van der Waals surface area contributed by atoms with Crippen molar-refractivity contribution in [1.29, 1.82) is 0 Å². The quantitative estimate of drug-likeness (QED) is 0.383. The van der Waals surface area contributed by atoms with Gasteiger partial charge in [-0.3, -0.25) is 9.69 Å². The number of rotatable bonds is 9. The Morgan fingerprint density at radius 1 is 0.952 bits per heavy atom. The second kappa shape index (κ2) is 13.1. The first kappa shape index (κ1) is 29.1. The standard InChI is InChI=1S/C34H41N3O4S/c1-40-27-13-14-30(41-2)26(21-27)22-35-32-28-15-16-37(23-29(28)34(38)36-17-19-42(39)20-18-36)33(32)31(24-9-5-3-6-10-24)25-11-7-4-8-12-25/h3-14,21,28-29,31-33,35H,15-20,22-23H2,1-2H3/t28-,29-,32-,33-/m0/s1. The van der Waals surface area contributed by atoms with Crippen LogP contribution in [0.25, 0.3) is 0 Å². The monoisotopic (exact) mass is 587 g/mol. The summed E-state index contributed by atoms with van der Waals surface area (Å²) in [6.45, 7) is 3.51. The number of hydrogen-bond acceptors (Lipinski definition) is 6. The molecule has 3 aromatic rings. The number of ether oxygens (including phenoxy) is 2. The molecule has 0 radical (unpaired) electrons. The third kappa shape index (κ3) is 5.91. The van der Waals surface area contributed by atoms with Crippen LogP contribution in [-0.4, -0.2) is 84.2 Å². The molecule has 0 aromatic heterocycles. The van der Waals surface area contributed by atoms with Gasteiger partial charge in [0.25, 0.3) is 0 Å². The lowest BCUT2D eigenvalue weighted by Crippen LogP contribution is -2.69.